The van der Waals surface area contributed by atoms with Gasteiger partial charge in [-0.3, -0.25) is 4.79 Å². The Bertz CT molecular complexity index is 1610. The molecule has 1 unspecified atom stereocenters. The number of hydrogen-bond acceptors (Lipinski definition) is 8. The van der Waals surface area contributed by atoms with Crippen molar-refractivity contribution in [2.45, 2.75) is 43.2 Å². The third-order valence-corrected chi connectivity index (χ3v) is 7.25. The standard InChI is InChI=1S/C24H20F4N6O3S/c1-12-17(20(35)32-14-5-4-6-15(9-14)38(3,30)36)22(34-33-19(12)24(26,27)28)37-21-13(2)18(25)16(10-31-21)23(11-29)7-8-23/h4-6,9-10,30H,7-8H2,1-3H3,(H,32,35). The molecule has 198 valence electrons. The zero-order chi connectivity index (χ0) is 28.0. The Labute approximate surface area is 214 Å². The molecule has 2 aromatic heterocycles. The third kappa shape index (κ3) is 5.01. The summed E-state index contributed by atoms with van der Waals surface area (Å²) < 4.78 is 81.1. The van der Waals surface area contributed by atoms with E-state index in [2.05, 4.69) is 26.6 Å². The molecule has 0 saturated heterocycles. The van der Waals surface area contributed by atoms with Gasteiger partial charge in [-0.1, -0.05) is 6.07 Å². The van der Waals surface area contributed by atoms with Crippen molar-refractivity contribution >= 4 is 21.3 Å². The Hall–Kier alpha value is -4.12. The number of amides is 1. The molecule has 1 fully saturated rings. The summed E-state index contributed by atoms with van der Waals surface area (Å²) >= 11 is 0. The molecule has 0 radical (unpaired) electrons. The van der Waals surface area contributed by atoms with E-state index in [1.807, 2.05) is 0 Å². The van der Waals surface area contributed by atoms with Crippen molar-refractivity contribution in [3.63, 3.8) is 0 Å². The van der Waals surface area contributed by atoms with E-state index in [4.69, 9.17) is 9.52 Å². The van der Waals surface area contributed by atoms with E-state index >= 15 is 4.39 Å². The predicted octanol–water partition coefficient (Wildman–Crippen LogP) is 5.28. The van der Waals surface area contributed by atoms with Gasteiger partial charge in [0.2, 0.25) is 5.88 Å². The Morgan fingerprint density at radius 2 is 1.89 bits per heavy atom. The Morgan fingerprint density at radius 3 is 2.47 bits per heavy atom. The number of nitriles is 1. The molecule has 1 saturated carbocycles. The van der Waals surface area contributed by atoms with E-state index < -0.39 is 55.7 Å². The zero-order valence-corrected chi connectivity index (χ0v) is 21.1. The normalized spacial score (nSPS) is 15.7. The number of aromatic nitrogens is 3. The van der Waals surface area contributed by atoms with Crippen LogP contribution in [0.3, 0.4) is 0 Å². The van der Waals surface area contributed by atoms with Crippen LogP contribution >= 0.6 is 0 Å². The highest BCUT2D eigenvalue weighted by atomic mass is 32.2. The second-order valence-corrected chi connectivity index (χ2v) is 11.0. The Morgan fingerprint density at radius 1 is 1.21 bits per heavy atom. The van der Waals surface area contributed by atoms with E-state index in [1.165, 1.54) is 37.4 Å². The summed E-state index contributed by atoms with van der Waals surface area (Å²) in [5.74, 6) is -2.86. The lowest BCUT2D eigenvalue weighted by molar-refractivity contribution is -0.142. The van der Waals surface area contributed by atoms with Gasteiger partial charge in [-0.05, 0) is 50.5 Å². The van der Waals surface area contributed by atoms with Gasteiger partial charge in [0.15, 0.2) is 5.69 Å². The SMILES string of the molecule is Cc1c(Oc2nnc(C(F)(F)F)c(C)c2C(=O)Nc2cccc(S(C)(=N)=O)c2)ncc(C2(C#N)CC2)c1F. The molecule has 0 spiro atoms. The van der Waals surface area contributed by atoms with E-state index in [9.17, 15) is 27.4 Å². The summed E-state index contributed by atoms with van der Waals surface area (Å²) in [7, 11) is -3.14. The number of hydrogen-bond donors (Lipinski definition) is 2. The van der Waals surface area contributed by atoms with Crippen LogP contribution < -0.4 is 10.1 Å². The first kappa shape index (κ1) is 26.9. The van der Waals surface area contributed by atoms with Crippen LogP contribution in [0.2, 0.25) is 0 Å². The molecule has 1 aliphatic rings. The Balaban J connectivity index is 1.77. The fourth-order valence-electron chi connectivity index (χ4n) is 3.78. The van der Waals surface area contributed by atoms with E-state index in [1.54, 1.807) is 0 Å². The molecule has 1 aliphatic carbocycles. The molecular formula is C24H20F4N6O3S. The van der Waals surface area contributed by atoms with Crippen molar-refractivity contribution in [1.82, 2.24) is 15.2 Å². The number of carbonyl (C=O) groups is 1. The highest BCUT2D eigenvalue weighted by molar-refractivity contribution is 7.91. The molecule has 9 nitrogen and oxygen atoms in total. The number of nitrogens with one attached hydrogen (secondary N) is 2. The van der Waals surface area contributed by atoms with Gasteiger partial charge in [0.1, 0.15) is 11.4 Å². The first-order chi connectivity index (χ1) is 17.7. The van der Waals surface area contributed by atoms with Gasteiger partial charge in [0.25, 0.3) is 11.8 Å². The van der Waals surface area contributed by atoms with Gasteiger partial charge in [0.05, 0.1) is 21.2 Å². The van der Waals surface area contributed by atoms with Gasteiger partial charge in [0, 0.05) is 34.2 Å². The molecule has 0 bridgehead atoms. The maximum Gasteiger partial charge on any atom is 0.435 e. The largest absolute Gasteiger partial charge is 0.435 e. The smallest absolute Gasteiger partial charge is 0.418 e. The summed E-state index contributed by atoms with van der Waals surface area (Å²) in [5, 5.41) is 18.4. The monoisotopic (exact) mass is 548 g/mol. The van der Waals surface area contributed by atoms with Gasteiger partial charge in [-0.2, -0.15) is 18.4 Å². The van der Waals surface area contributed by atoms with Crippen LogP contribution in [0.5, 0.6) is 11.8 Å². The fourth-order valence-corrected chi connectivity index (χ4v) is 4.47. The molecular weight excluding hydrogens is 528 g/mol. The minimum Gasteiger partial charge on any atom is -0.418 e. The first-order valence-electron chi connectivity index (χ1n) is 11.0. The van der Waals surface area contributed by atoms with Crippen molar-refractivity contribution in [2.24, 2.45) is 0 Å². The molecule has 1 amide bonds. The van der Waals surface area contributed by atoms with Crippen molar-refractivity contribution in [2.75, 3.05) is 11.6 Å². The van der Waals surface area contributed by atoms with E-state index in [-0.39, 0.29) is 27.6 Å². The summed E-state index contributed by atoms with van der Waals surface area (Å²) in [4.78, 5) is 17.3. The summed E-state index contributed by atoms with van der Waals surface area (Å²) in [6, 6.07) is 7.54. The molecule has 4 rings (SSSR count). The molecule has 0 aliphatic heterocycles. The second kappa shape index (κ2) is 9.32. The summed E-state index contributed by atoms with van der Waals surface area (Å²) in [6.07, 6.45) is -1.73. The lowest BCUT2D eigenvalue weighted by Crippen LogP contribution is -2.21. The number of pyridine rings is 1. The number of halogens is 4. The predicted molar refractivity (Wildman–Crippen MR) is 127 cm³/mol. The quantitative estimate of drug-likeness (QED) is 0.399. The summed E-state index contributed by atoms with van der Waals surface area (Å²) in [5.41, 5.74) is -3.64. The van der Waals surface area contributed by atoms with Crippen LogP contribution in [0.15, 0.2) is 35.4 Å². The highest BCUT2D eigenvalue weighted by Gasteiger charge is 2.47. The number of nitrogens with zero attached hydrogens (tertiary/aromatic N) is 4. The highest BCUT2D eigenvalue weighted by Crippen LogP contribution is 2.49. The number of benzene rings is 1. The number of rotatable bonds is 6. The van der Waals surface area contributed by atoms with Gasteiger partial charge >= 0.3 is 6.18 Å². The van der Waals surface area contributed by atoms with Crippen LogP contribution in [0, 0.1) is 35.8 Å². The van der Waals surface area contributed by atoms with Crippen LogP contribution in [0.4, 0.5) is 23.2 Å². The van der Waals surface area contributed by atoms with Crippen LogP contribution in [0.1, 0.15) is 45.6 Å². The molecule has 2 N–H and O–H groups in total. The Kier molecular flexibility index (Phi) is 6.60. The minimum atomic E-state index is -4.94. The van der Waals surface area contributed by atoms with E-state index in [0.29, 0.717) is 12.8 Å². The maximum absolute atomic E-state index is 15.1. The van der Waals surface area contributed by atoms with Crippen molar-refractivity contribution in [1.29, 1.82) is 10.0 Å². The molecule has 2 heterocycles. The van der Waals surface area contributed by atoms with Crippen LogP contribution in [0.25, 0.3) is 0 Å². The van der Waals surface area contributed by atoms with Gasteiger partial charge in [-0.25, -0.2) is 18.4 Å². The molecule has 3 aromatic rings. The van der Waals surface area contributed by atoms with Crippen LogP contribution in [-0.2, 0) is 21.3 Å². The molecule has 1 aromatic carbocycles. The van der Waals surface area contributed by atoms with E-state index in [0.717, 1.165) is 13.1 Å². The van der Waals surface area contributed by atoms with Crippen molar-refractivity contribution < 1.29 is 31.3 Å². The molecule has 14 heteroatoms. The molecule has 1 atom stereocenters. The molecule has 38 heavy (non-hydrogen) atoms. The first-order valence-corrected chi connectivity index (χ1v) is 13.0. The lowest BCUT2D eigenvalue weighted by Gasteiger charge is -2.17. The summed E-state index contributed by atoms with van der Waals surface area (Å²) in [6.45, 7) is 2.32. The number of alkyl halides is 3. The third-order valence-electron chi connectivity index (χ3n) is 6.09. The number of anilines is 1. The zero-order valence-electron chi connectivity index (χ0n) is 20.2. The van der Waals surface area contributed by atoms with Crippen molar-refractivity contribution in [3.8, 4) is 17.8 Å². The number of ether oxygens (including phenoxy) is 1. The lowest BCUT2D eigenvalue weighted by atomic mass is 9.97. The maximum atomic E-state index is 15.1. The van der Waals surface area contributed by atoms with Crippen LogP contribution in [-0.4, -0.2) is 31.6 Å². The second-order valence-electron chi connectivity index (χ2n) is 8.89. The minimum absolute atomic E-state index is 0.0565. The topological polar surface area (TPSA) is 142 Å². The number of carbonyl (C=O) groups excluding carboxylic acids is 1. The van der Waals surface area contributed by atoms with Gasteiger partial charge < -0.3 is 10.1 Å². The van der Waals surface area contributed by atoms with Crippen molar-refractivity contribution in [3.05, 3.63) is 64.2 Å². The fraction of sp³-hybridized carbons (Fsp3) is 0.292. The average molecular weight is 549 g/mol. The van der Waals surface area contributed by atoms with Gasteiger partial charge in [-0.15, -0.1) is 10.2 Å². The average Bonchev–Trinajstić information content (AvgIpc) is 3.62.